The second-order valence-electron chi connectivity index (χ2n) is 3.83. The lowest BCUT2D eigenvalue weighted by Gasteiger charge is -2.02. The van der Waals surface area contributed by atoms with Crippen LogP contribution in [-0.2, 0) is 0 Å². The third-order valence-electron chi connectivity index (χ3n) is 2.73. The van der Waals surface area contributed by atoms with Gasteiger partial charge >= 0.3 is 0 Å². The maximum absolute atomic E-state index is 5.84. The minimum atomic E-state index is 0.754. The quantitative estimate of drug-likeness (QED) is 0.681. The van der Waals surface area contributed by atoms with Gasteiger partial charge in [-0.2, -0.15) is 0 Å². The molecule has 0 aliphatic heterocycles. The van der Waals surface area contributed by atoms with Gasteiger partial charge in [-0.1, -0.05) is 13.8 Å². The number of nitrogens with one attached hydrogen (secondary N) is 1. The summed E-state index contributed by atoms with van der Waals surface area (Å²) >= 11 is 0. The van der Waals surface area contributed by atoms with Crippen molar-refractivity contribution in [3.8, 4) is 0 Å². The summed E-state index contributed by atoms with van der Waals surface area (Å²) in [4.78, 5) is 3.28. The molecule has 0 saturated heterocycles. The van der Waals surface area contributed by atoms with E-state index in [0.717, 1.165) is 11.6 Å². The highest BCUT2D eigenvalue weighted by atomic mass is 14.7. The first-order valence-corrected chi connectivity index (χ1v) is 5.71. The molecule has 0 amide bonds. The molecule has 1 heterocycles. The number of aromatic amines is 1. The van der Waals surface area contributed by atoms with Crippen molar-refractivity contribution in [3.05, 3.63) is 30.0 Å². The molecule has 2 nitrogen and oxygen atoms in total. The Balaban J connectivity index is 0.000000404. The van der Waals surface area contributed by atoms with Crippen LogP contribution in [-0.4, -0.2) is 4.98 Å². The van der Waals surface area contributed by atoms with Crippen molar-refractivity contribution in [1.82, 2.24) is 4.98 Å². The molecule has 0 radical (unpaired) electrons. The fourth-order valence-corrected chi connectivity index (χ4v) is 1.94. The summed E-state index contributed by atoms with van der Waals surface area (Å²) in [6.45, 7) is 4.00. The van der Waals surface area contributed by atoms with Crippen molar-refractivity contribution in [2.75, 3.05) is 5.73 Å². The monoisotopic (exact) mass is 202 g/mol. The lowest BCUT2D eigenvalue weighted by atomic mass is 10.1. The third kappa shape index (κ3) is 1.84. The third-order valence-corrected chi connectivity index (χ3v) is 2.73. The van der Waals surface area contributed by atoms with Gasteiger partial charge in [0.15, 0.2) is 0 Å². The molecule has 2 aromatic rings. The zero-order chi connectivity index (χ0) is 10.8. The number of nitrogens with two attached hydrogens (primary N) is 1. The Morgan fingerprint density at radius 1 is 1.27 bits per heavy atom. The van der Waals surface area contributed by atoms with Gasteiger partial charge in [0.25, 0.3) is 0 Å². The molecule has 80 valence electrons. The molecule has 15 heavy (non-hydrogen) atoms. The summed E-state index contributed by atoms with van der Waals surface area (Å²) in [7, 11) is 0. The maximum atomic E-state index is 5.84. The predicted molar refractivity (Wildman–Crippen MR) is 66.0 cm³/mol. The van der Waals surface area contributed by atoms with Crippen LogP contribution in [0.4, 0.5) is 5.69 Å². The number of fused-ring (bicyclic) bond motifs is 1. The SMILES string of the molecule is CC.Nc1cc(C2CC2)c2[nH]ccc2c1. The van der Waals surface area contributed by atoms with Gasteiger partial charge in [-0.25, -0.2) is 0 Å². The first-order valence-electron chi connectivity index (χ1n) is 5.71. The smallest absolute Gasteiger partial charge is 0.0490 e. The zero-order valence-electron chi connectivity index (χ0n) is 9.38. The van der Waals surface area contributed by atoms with Crippen LogP contribution in [0.3, 0.4) is 0 Å². The van der Waals surface area contributed by atoms with Crippen LogP contribution in [0.1, 0.15) is 38.2 Å². The molecule has 1 aliphatic rings. The molecule has 0 atom stereocenters. The highest BCUT2D eigenvalue weighted by molar-refractivity contribution is 5.86. The molecular formula is C13H18N2. The summed E-state index contributed by atoms with van der Waals surface area (Å²) in [5.74, 6) is 0.754. The highest BCUT2D eigenvalue weighted by Gasteiger charge is 2.25. The molecule has 0 unspecified atom stereocenters. The van der Waals surface area contributed by atoms with E-state index in [0.29, 0.717) is 0 Å². The molecule has 1 aliphatic carbocycles. The van der Waals surface area contributed by atoms with E-state index >= 15 is 0 Å². The topological polar surface area (TPSA) is 41.8 Å². The van der Waals surface area contributed by atoms with Gasteiger partial charge in [0.05, 0.1) is 0 Å². The Kier molecular flexibility index (Phi) is 2.67. The molecule has 1 fully saturated rings. The van der Waals surface area contributed by atoms with E-state index in [1.807, 2.05) is 26.1 Å². The number of hydrogen-bond donors (Lipinski definition) is 2. The van der Waals surface area contributed by atoms with Crippen molar-refractivity contribution < 1.29 is 0 Å². The molecule has 3 N–H and O–H groups in total. The standard InChI is InChI=1S/C11H12N2.C2H6/c12-9-5-8-3-4-13-11(8)10(6-9)7-1-2-7;1-2/h3-7,13H,1-2,12H2;1-2H3. The maximum Gasteiger partial charge on any atom is 0.0490 e. The van der Waals surface area contributed by atoms with Gasteiger partial charge in [-0.15, -0.1) is 0 Å². The number of rotatable bonds is 1. The summed E-state index contributed by atoms with van der Waals surface area (Å²) in [6, 6.07) is 6.21. The lowest BCUT2D eigenvalue weighted by Crippen LogP contribution is -1.88. The van der Waals surface area contributed by atoms with Crippen molar-refractivity contribution in [2.45, 2.75) is 32.6 Å². The van der Waals surface area contributed by atoms with E-state index in [2.05, 4.69) is 17.1 Å². The first kappa shape index (κ1) is 10.1. The van der Waals surface area contributed by atoms with Crippen molar-refractivity contribution >= 4 is 16.6 Å². The Hall–Kier alpha value is -1.44. The number of hydrogen-bond acceptors (Lipinski definition) is 1. The van der Waals surface area contributed by atoms with Crippen LogP contribution in [0, 0.1) is 0 Å². The largest absolute Gasteiger partial charge is 0.399 e. The van der Waals surface area contributed by atoms with Crippen LogP contribution in [0.15, 0.2) is 24.4 Å². The van der Waals surface area contributed by atoms with Gasteiger partial charge < -0.3 is 10.7 Å². The van der Waals surface area contributed by atoms with Gasteiger partial charge in [0.1, 0.15) is 0 Å². The fourth-order valence-electron chi connectivity index (χ4n) is 1.94. The number of aromatic nitrogens is 1. The van der Waals surface area contributed by atoms with Crippen LogP contribution in [0.25, 0.3) is 10.9 Å². The average Bonchev–Trinajstić information content (AvgIpc) is 2.99. The molecule has 1 aromatic carbocycles. The van der Waals surface area contributed by atoms with Crippen molar-refractivity contribution in [2.24, 2.45) is 0 Å². The average molecular weight is 202 g/mol. The molecule has 0 bridgehead atoms. The molecule has 3 rings (SSSR count). The molecular weight excluding hydrogens is 184 g/mol. The van der Waals surface area contributed by atoms with Crippen LogP contribution < -0.4 is 5.73 Å². The minimum Gasteiger partial charge on any atom is -0.399 e. The van der Waals surface area contributed by atoms with E-state index in [9.17, 15) is 0 Å². The van der Waals surface area contributed by atoms with E-state index in [1.54, 1.807) is 0 Å². The lowest BCUT2D eigenvalue weighted by molar-refractivity contribution is 1.14. The van der Waals surface area contributed by atoms with Gasteiger partial charge in [0.2, 0.25) is 0 Å². The summed E-state index contributed by atoms with van der Waals surface area (Å²) in [5, 5.41) is 1.24. The molecule has 0 spiro atoms. The molecule has 1 saturated carbocycles. The van der Waals surface area contributed by atoms with Crippen LogP contribution >= 0.6 is 0 Å². The van der Waals surface area contributed by atoms with Crippen LogP contribution in [0.2, 0.25) is 0 Å². The van der Waals surface area contributed by atoms with E-state index in [1.165, 1.54) is 29.3 Å². The van der Waals surface area contributed by atoms with E-state index in [-0.39, 0.29) is 0 Å². The fraction of sp³-hybridized carbons (Fsp3) is 0.385. The highest BCUT2D eigenvalue weighted by Crippen LogP contribution is 2.43. The number of benzene rings is 1. The van der Waals surface area contributed by atoms with Crippen molar-refractivity contribution in [3.63, 3.8) is 0 Å². The van der Waals surface area contributed by atoms with Crippen LogP contribution in [0.5, 0.6) is 0 Å². The van der Waals surface area contributed by atoms with Gasteiger partial charge in [-0.05, 0) is 42.5 Å². The van der Waals surface area contributed by atoms with Crippen molar-refractivity contribution in [1.29, 1.82) is 0 Å². The first-order chi connectivity index (χ1) is 7.34. The Morgan fingerprint density at radius 2 is 2.00 bits per heavy atom. The normalized spacial score (nSPS) is 14.8. The summed E-state index contributed by atoms with van der Waals surface area (Å²) in [6.07, 6.45) is 4.62. The van der Waals surface area contributed by atoms with E-state index < -0.39 is 0 Å². The second kappa shape index (κ2) is 3.97. The Labute approximate surface area is 90.5 Å². The zero-order valence-corrected chi connectivity index (χ0v) is 9.38. The Bertz CT molecular complexity index is 453. The number of anilines is 1. The minimum absolute atomic E-state index is 0.754. The molecule has 1 aromatic heterocycles. The van der Waals surface area contributed by atoms with E-state index in [4.69, 9.17) is 5.73 Å². The molecule has 2 heteroatoms. The van der Waals surface area contributed by atoms with Gasteiger partial charge in [-0.3, -0.25) is 0 Å². The predicted octanol–water partition coefficient (Wildman–Crippen LogP) is 3.65. The number of H-pyrrole nitrogens is 1. The summed E-state index contributed by atoms with van der Waals surface area (Å²) in [5.41, 5.74) is 9.40. The second-order valence-corrected chi connectivity index (χ2v) is 3.83. The Morgan fingerprint density at radius 3 is 2.67 bits per heavy atom. The van der Waals surface area contributed by atoms with Gasteiger partial charge in [0, 0.05) is 22.8 Å². The summed E-state index contributed by atoms with van der Waals surface area (Å²) < 4.78 is 0. The number of nitrogen functional groups attached to an aromatic ring is 1.